The average Bonchev–Trinajstić information content (AvgIpc) is 3.50. The molecule has 0 aliphatic carbocycles. The van der Waals surface area contributed by atoms with Crippen LogP contribution < -0.4 is 22.0 Å². The Morgan fingerprint density at radius 3 is 1.07 bits per heavy atom. The van der Waals surface area contributed by atoms with Crippen LogP contribution in [0.4, 0.5) is 0 Å². The topological polar surface area (TPSA) is 52.6 Å². The van der Waals surface area contributed by atoms with E-state index in [0.717, 1.165) is 34.8 Å². The standard InChI is InChI=1S/C22H24O4P2/c1-17(27(19-7-3-13-23-19)20-8-4-14-24-20)11-12-18(2)28(21-9-5-15-25-21)22-10-6-16-26-22/h3-10,13-18H,11-12H2,1-2H3/t17-,18-/m1/s1. The maximum absolute atomic E-state index is 5.76. The number of rotatable bonds is 9. The molecule has 0 unspecified atom stereocenters. The van der Waals surface area contributed by atoms with Gasteiger partial charge >= 0.3 is 0 Å². The summed E-state index contributed by atoms with van der Waals surface area (Å²) in [6.45, 7) is 4.59. The molecule has 4 rings (SSSR count). The highest BCUT2D eigenvalue weighted by Crippen LogP contribution is 2.46. The second-order valence-corrected chi connectivity index (χ2v) is 11.8. The van der Waals surface area contributed by atoms with Crippen LogP contribution in [0.3, 0.4) is 0 Å². The van der Waals surface area contributed by atoms with Gasteiger partial charge in [-0.25, -0.2) is 0 Å². The maximum Gasteiger partial charge on any atom is 0.133 e. The van der Waals surface area contributed by atoms with Gasteiger partial charge in [0.2, 0.25) is 0 Å². The summed E-state index contributed by atoms with van der Waals surface area (Å²) >= 11 is 0. The van der Waals surface area contributed by atoms with Crippen LogP contribution in [0.5, 0.6) is 0 Å². The average molecular weight is 414 g/mol. The molecule has 28 heavy (non-hydrogen) atoms. The molecule has 0 bridgehead atoms. The molecule has 0 saturated carbocycles. The van der Waals surface area contributed by atoms with Gasteiger partial charge in [0, 0.05) is 15.8 Å². The fourth-order valence-electron chi connectivity index (χ4n) is 3.45. The van der Waals surface area contributed by atoms with Gasteiger partial charge in [-0.1, -0.05) is 13.8 Å². The first kappa shape index (κ1) is 19.3. The van der Waals surface area contributed by atoms with Crippen molar-refractivity contribution in [1.29, 1.82) is 0 Å². The first-order valence-corrected chi connectivity index (χ1v) is 12.3. The van der Waals surface area contributed by atoms with Crippen LogP contribution in [0.25, 0.3) is 0 Å². The van der Waals surface area contributed by atoms with Gasteiger partial charge in [-0.05, 0) is 72.7 Å². The molecule has 0 N–H and O–H groups in total. The Balaban J connectivity index is 1.49. The van der Waals surface area contributed by atoms with Crippen LogP contribution >= 0.6 is 15.8 Å². The molecule has 0 spiro atoms. The van der Waals surface area contributed by atoms with Gasteiger partial charge in [0.05, 0.1) is 25.1 Å². The van der Waals surface area contributed by atoms with Crippen molar-refractivity contribution in [2.45, 2.75) is 38.0 Å². The van der Waals surface area contributed by atoms with Crippen molar-refractivity contribution < 1.29 is 17.7 Å². The zero-order chi connectivity index (χ0) is 19.3. The zero-order valence-electron chi connectivity index (χ0n) is 16.0. The van der Waals surface area contributed by atoms with Crippen LogP contribution in [0.1, 0.15) is 26.7 Å². The van der Waals surface area contributed by atoms with Gasteiger partial charge in [0.1, 0.15) is 22.0 Å². The maximum atomic E-state index is 5.76. The monoisotopic (exact) mass is 414 g/mol. The number of hydrogen-bond acceptors (Lipinski definition) is 4. The largest absolute Gasteiger partial charge is 0.464 e. The van der Waals surface area contributed by atoms with E-state index in [0.29, 0.717) is 11.3 Å². The van der Waals surface area contributed by atoms with Gasteiger partial charge < -0.3 is 17.7 Å². The van der Waals surface area contributed by atoms with Crippen LogP contribution in [0, 0.1) is 0 Å². The number of hydrogen-bond donors (Lipinski definition) is 0. The molecule has 0 fully saturated rings. The van der Waals surface area contributed by atoms with Gasteiger partial charge in [-0.3, -0.25) is 0 Å². The summed E-state index contributed by atoms with van der Waals surface area (Å²) in [5.41, 5.74) is 4.96. The molecule has 0 amide bonds. The lowest BCUT2D eigenvalue weighted by molar-refractivity contribution is 0.585. The van der Waals surface area contributed by atoms with Gasteiger partial charge in [-0.2, -0.15) is 0 Å². The lowest BCUT2D eigenvalue weighted by Crippen LogP contribution is -2.21. The lowest BCUT2D eigenvalue weighted by atomic mass is 10.2. The van der Waals surface area contributed by atoms with E-state index in [1.165, 1.54) is 0 Å². The molecule has 0 aliphatic heterocycles. The summed E-state index contributed by atoms with van der Waals surface area (Å²) in [7, 11) is -1.30. The molecule has 4 aromatic rings. The van der Waals surface area contributed by atoms with Crippen molar-refractivity contribution in [2.75, 3.05) is 0 Å². The van der Waals surface area contributed by atoms with Gasteiger partial charge in [0.15, 0.2) is 0 Å². The van der Waals surface area contributed by atoms with E-state index >= 15 is 0 Å². The zero-order valence-corrected chi connectivity index (χ0v) is 17.8. The highest BCUT2D eigenvalue weighted by atomic mass is 31.1. The molecule has 2 atom stereocenters. The molecule has 4 heterocycles. The second kappa shape index (κ2) is 8.99. The fraction of sp³-hybridized carbons (Fsp3) is 0.273. The van der Waals surface area contributed by atoms with E-state index in [9.17, 15) is 0 Å². The van der Waals surface area contributed by atoms with Crippen molar-refractivity contribution in [3.05, 3.63) is 73.6 Å². The van der Waals surface area contributed by atoms with Crippen molar-refractivity contribution in [2.24, 2.45) is 0 Å². The van der Waals surface area contributed by atoms with Crippen molar-refractivity contribution in [3.8, 4) is 0 Å². The summed E-state index contributed by atoms with van der Waals surface area (Å²) < 4.78 is 23.0. The first-order valence-electron chi connectivity index (χ1n) is 9.46. The molecular weight excluding hydrogens is 390 g/mol. The van der Waals surface area contributed by atoms with E-state index < -0.39 is 15.8 Å². The van der Waals surface area contributed by atoms with Gasteiger partial charge in [0.25, 0.3) is 0 Å². The Bertz CT molecular complexity index is 765. The van der Waals surface area contributed by atoms with E-state index in [4.69, 9.17) is 17.7 Å². The van der Waals surface area contributed by atoms with E-state index in [2.05, 4.69) is 38.1 Å². The Kier molecular flexibility index (Phi) is 6.20. The highest BCUT2D eigenvalue weighted by Gasteiger charge is 2.30. The quantitative estimate of drug-likeness (QED) is 0.354. The van der Waals surface area contributed by atoms with Gasteiger partial charge in [-0.15, -0.1) is 0 Å². The first-order chi connectivity index (χ1) is 13.7. The normalized spacial score (nSPS) is 14.0. The summed E-state index contributed by atoms with van der Waals surface area (Å²) in [6.07, 6.45) is 9.14. The molecule has 146 valence electrons. The minimum atomic E-state index is -0.651. The molecule has 6 heteroatoms. The van der Waals surface area contributed by atoms with Crippen LogP contribution in [0.2, 0.25) is 0 Å². The predicted octanol–water partition coefficient (Wildman–Crippen LogP) is 5.18. The highest BCUT2D eigenvalue weighted by molar-refractivity contribution is 7.73. The summed E-state index contributed by atoms with van der Waals surface area (Å²) in [5.74, 6) is 0. The lowest BCUT2D eigenvalue weighted by Gasteiger charge is -2.25. The Morgan fingerprint density at radius 1 is 0.571 bits per heavy atom. The molecular formula is C22H24O4P2. The smallest absolute Gasteiger partial charge is 0.133 e. The minimum absolute atomic E-state index is 0.444. The molecule has 0 aliphatic rings. The third kappa shape index (κ3) is 4.19. The molecule has 4 aromatic heterocycles. The SMILES string of the molecule is C[C@H](CC[C@@H](C)P(c1ccco1)c1ccco1)P(c1ccco1)c1ccco1. The molecule has 4 nitrogen and oxygen atoms in total. The van der Waals surface area contributed by atoms with Crippen molar-refractivity contribution in [3.63, 3.8) is 0 Å². The molecule has 0 radical (unpaired) electrons. The molecule has 0 aromatic carbocycles. The van der Waals surface area contributed by atoms with E-state index in [1.54, 1.807) is 25.1 Å². The third-order valence-electron chi connectivity index (χ3n) is 4.86. The summed E-state index contributed by atoms with van der Waals surface area (Å²) in [5, 5.41) is 0. The van der Waals surface area contributed by atoms with E-state index in [1.807, 2.05) is 24.3 Å². The summed E-state index contributed by atoms with van der Waals surface area (Å²) in [4.78, 5) is 0. The van der Waals surface area contributed by atoms with Crippen LogP contribution in [-0.2, 0) is 0 Å². The van der Waals surface area contributed by atoms with Crippen LogP contribution in [0.15, 0.2) is 91.3 Å². The number of furan rings is 4. The summed E-state index contributed by atoms with van der Waals surface area (Å²) in [6, 6.07) is 16.1. The third-order valence-corrected chi connectivity index (χ3v) is 10.1. The van der Waals surface area contributed by atoms with Crippen molar-refractivity contribution >= 4 is 37.8 Å². The minimum Gasteiger partial charge on any atom is -0.464 e. The Morgan fingerprint density at radius 2 is 0.857 bits per heavy atom. The predicted molar refractivity (Wildman–Crippen MR) is 115 cm³/mol. The molecule has 0 saturated heterocycles. The van der Waals surface area contributed by atoms with Crippen molar-refractivity contribution in [1.82, 2.24) is 0 Å². The Hall–Kier alpha value is -2.02. The second-order valence-electron chi connectivity index (χ2n) is 6.82. The Labute approximate surface area is 167 Å². The van der Waals surface area contributed by atoms with Crippen LogP contribution in [-0.4, -0.2) is 11.3 Å². The fourth-order valence-corrected chi connectivity index (χ4v) is 8.13. The van der Waals surface area contributed by atoms with E-state index in [-0.39, 0.29) is 0 Å².